The topological polar surface area (TPSA) is 51.5 Å². The second kappa shape index (κ2) is 6.35. The summed E-state index contributed by atoms with van der Waals surface area (Å²) in [4.78, 5) is 33.9. The molecule has 5 rings (SSSR count). The predicted octanol–water partition coefficient (Wildman–Crippen LogP) is 3.20. The zero-order valence-corrected chi connectivity index (χ0v) is 16.9. The first-order valence-electron chi connectivity index (χ1n) is 9.85. The first kappa shape index (κ1) is 18.2. The van der Waals surface area contributed by atoms with Crippen LogP contribution >= 0.6 is 0 Å². The minimum Gasteiger partial charge on any atom is -0.304 e. The lowest BCUT2D eigenvalue weighted by molar-refractivity contribution is -1.08. The normalized spacial score (nSPS) is 21.2. The van der Waals surface area contributed by atoms with Crippen molar-refractivity contribution in [2.24, 2.45) is 0 Å². The van der Waals surface area contributed by atoms with E-state index in [1.807, 2.05) is 32.4 Å². The van der Waals surface area contributed by atoms with Crippen molar-refractivity contribution in [2.75, 3.05) is 34.3 Å². The molecule has 0 N–H and O–H groups in total. The molecule has 6 heteroatoms. The van der Waals surface area contributed by atoms with E-state index < -0.39 is 0 Å². The van der Waals surface area contributed by atoms with E-state index in [-0.39, 0.29) is 22.6 Å². The number of benzene rings is 2. The molecule has 2 heterocycles. The summed E-state index contributed by atoms with van der Waals surface area (Å²) < 4.78 is 2.33. The molecule has 2 aliphatic rings. The van der Waals surface area contributed by atoms with Crippen molar-refractivity contribution in [1.29, 1.82) is 0 Å². The number of likely N-dealkylation sites (N-methyl/N-ethyl adjacent to an activating group) is 1. The van der Waals surface area contributed by atoms with Gasteiger partial charge in [-0.25, -0.2) is 0 Å². The maximum atomic E-state index is 13.0. The van der Waals surface area contributed by atoms with Gasteiger partial charge in [0, 0.05) is 5.39 Å². The molecule has 0 radical (unpaired) electrons. The summed E-state index contributed by atoms with van der Waals surface area (Å²) in [7, 11) is 5.72. The molecule has 2 aromatic carbocycles. The number of ketones is 2. The first-order chi connectivity index (χ1) is 13.9. The SMILES string of the molecule is CO[N+]1(CCN(C)C)C=C2C(=O)CC(=O)c3c2n(c2ccc4ccccc4c32)C1. The largest absolute Gasteiger partial charge is 0.304 e. The Hall–Kier alpha value is -2.80. The minimum absolute atomic E-state index is 0.0848. The number of fused-ring (bicyclic) bond motifs is 5. The third kappa shape index (κ3) is 2.60. The molecule has 0 fully saturated rings. The molecule has 1 aliphatic heterocycles. The van der Waals surface area contributed by atoms with Gasteiger partial charge in [-0.1, -0.05) is 30.3 Å². The van der Waals surface area contributed by atoms with Crippen molar-refractivity contribution in [3.05, 3.63) is 53.9 Å². The Morgan fingerprint density at radius 1 is 1.10 bits per heavy atom. The summed E-state index contributed by atoms with van der Waals surface area (Å²) >= 11 is 0. The third-order valence-electron chi connectivity index (χ3n) is 6.14. The van der Waals surface area contributed by atoms with E-state index >= 15 is 0 Å². The number of hydrogen-bond donors (Lipinski definition) is 0. The molecule has 0 amide bonds. The van der Waals surface area contributed by atoms with Gasteiger partial charge in [0.1, 0.15) is 12.7 Å². The van der Waals surface area contributed by atoms with Gasteiger partial charge in [-0.2, -0.15) is 4.84 Å². The van der Waals surface area contributed by atoms with Crippen molar-refractivity contribution in [3.8, 4) is 0 Å². The number of allylic oxidation sites excluding steroid dienone is 1. The minimum atomic E-state index is -0.125. The van der Waals surface area contributed by atoms with Crippen LogP contribution in [0.3, 0.4) is 0 Å². The average Bonchev–Trinajstić information content (AvgIpc) is 3.06. The van der Waals surface area contributed by atoms with Gasteiger partial charge in [0.2, 0.25) is 0 Å². The maximum absolute atomic E-state index is 13.0. The van der Waals surface area contributed by atoms with Crippen molar-refractivity contribution >= 4 is 38.8 Å². The Bertz CT molecular complexity index is 1220. The van der Waals surface area contributed by atoms with E-state index in [9.17, 15) is 9.59 Å². The summed E-state index contributed by atoms with van der Waals surface area (Å²) in [5, 5.41) is 3.09. The molecule has 0 saturated heterocycles. The van der Waals surface area contributed by atoms with Crippen LogP contribution in [0.25, 0.3) is 27.2 Å². The number of Topliss-reactive ketones (excluding diaryl/α,β-unsaturated/α-hetero) is 2. The molecule has 148 valence electrons. The first-order valence-corrected chi connectivity index (χ1v) is 9.85. The van der Waals surface area contributed by atoms with Crippen LogP contribution < -0.4 is 0 Å². The lowest BCUT2D eigenvalue weighted by Crippen LogP contribution is -2.49. The summed E-state index contributed by atoms with van der Waals surface area (Å²) in [5.74, 6) is -0.215. The zero-order chi connectivity index (χ0) is 20.3. The number of quaternary nitrogens is 1. The van der Waals surface area contributed by atoms with E-state index in [1.54, 1.807) is 7.11 Å². The summed E-state index contributed by atoms with van der Waals surface area (Å²) in [6.45, 7) is 2.05. The van der Waals surface area contributed by atoms with Crippen LogP contribution in [0.15, 0.2) is 42.6 Å². The Kier molecular flexibility index (Phi) is 4.00. The molecule has 3 aromatic rings. The van der Waals surface area contributed by atoms with Crippen LogP contribution in [0.4, 0.5) is 0 Å². The summed E-state index contributed by atoms with van der Waals surface area (Å²) in [5.41, 5.74) is 3.02. The van der Waals surface area contributed by atoms with Gasteiger partial charge >= 0.3 is 0 Å². The van der Waals surface area contributed by atoms with Crippen molar-refractivity contribution in [1.82, 2.24) is 9.47 Å². The van der Waals surface area contributed by atoms with E-state index in [0.29, 0.717) is 24.4 Å². The number of hydrogen-bond acceptors (Lipinski definition) is 4. The molecule has 1 atom stereocenters. The smallest absolute Gasteiger partial charge is 0.193 e. The molecule has 29 heavy (non-hydrogen) atoms. The molecule has 1 aromatic heterocycles. The molecule has 1 unspecified atom stereocenters. The van der Waals surface area contributed by atoms with E-state index in [0.717, 1.165) is 33.9 Å². The number of carbonyl (C=O) groups excluding carboxylic acids is 2. The lowest BCUT2D eigenvalue weighted by Gasteiger charge is -2.36. The fourth-order valence-corrected chi connectivity index (χ4v) is 4.64. The van der Waals surface area contributed by atoms with Gasteiger partial charge in [0.25, 0.3) is 0 Å². The number of hydroxylamine groups is 3. The van der Waals surface area contributed by atoms with Crippen LogP contribution in [-0.2, 0) is 16.3 Å². The number of rotatable bonds is 4. The second-order valence-corrected chi connectivity index (χ2v) is 8.20. The highest BCUT2D eigenvalue weighted by Crippen LogP contribution is 2.43. The lowest BCUT2D eigenvalue weighted by atomic mass is 9.88. The Balaban J connectivity index is 1.83. The number of nitrogens with zero attached hydrogens (tertiary/aromatic N) is 3. The molecule has 0 saturated carbocycles. The fourth-order valence-electron chi connectivity index (χ4n) is 4.64. The Morgan fingerprint density at radius 3 is 2.66 bits per heavy atom. The zero-order valence-electron chi connectivity index (χ0n) is 16.9. The van der Waals surface area contributed by atoms with Crippen molar-refractivity contribution in [3.63, 3.8) is 0 Å². The highest BCUT2D eigenvalue weighted by molar-refractivity contribution is 6.37. The van der Waals surface area contributed by atoms with Gasteiger partial charge in [-0.15, -0.1) is 4.65 Å². The average molecular weight is 390 g/mol. The van der Waals surface area contributed by atoms with Gasteiger partial charge in [0.15, 0.2) is 18.2 Å². The van der Waals surface area contributed by atoms with Crippen LogP contribution in [0, 0.1) is 0 Å². The van der Waals surface area contributed by atoms with Gasteiger partial charge in [-0.05, 0) is 30.9 Å². The fraction of sp³-hybridized carbons (Fsp3) is 0.304. The highest BCUT2D eigenvalue weighted by atomic mass is 16.7. The number of carbonyl (C=O) groups is 2. The van der Waals surface area contributed by atoms with Crippen molar-refractivity contribution < 1.29 is 19.1 Å². The van der Waals surface area contributed by atoms with E-state index in [2.05, 4.69) is 33.7 Å². The molecule has 0 spiro atoms. The molecule has 1 aliphatic carbocycles. The monoisotopic (exact) mass is 390 g/mol. The van der Waals surface area contributed by atoms with E-state index in [1.165, 1.54) is 0 Å². The van der Waals surface area contributed by atoms with Crippen LogP contribution in [0.1, 0.15) is 22.5 Å². The Morgan fingerprint density at radius 2 is 1.90 bits per heavy atom. The van der Waals surface area contributed by atoms with Crippen LogP contribution in [-0.4, -0.2) is 60.0 Å². The Labute approximate surface area is 169 Å². The molecular formula is C23H24N3O3+. The van der Waals surface area contributed by atoms with Gasteiger partial charge in [-0.3, -0.25) is 14.2 Å². The van der Waals surface area contributed by atoms with Crippen molar-refractivity contribution in [2.45, 2.75) is 13.1 Å². The molecule has 6 nitrogen and oxygen atoms in total. The predicted molar refractivity (Wildman–Crippen MR) is 112 cm³/mol. The second-order valence-electron chi connectivity index (χ2n) is 8.20. The number of aromatic nitrogens is 1. The molecule has 0 bridgehead atoms. The van der Waals surface area contributed by atoms with Gasteiger partial charge in [0.05, 0.1) is 42.4 Å². The molecular weight excluding hydrogens is 366 g/mol. The quantitative estimate of drug-likeness (QED) is 0.507. The van der Waals surface area contributed by atoms with E-state index in [4.69, 9.17) is 4.84 Å². The van der Waals surface area contributed by atoms with Gasteiger partial charge < -0.3 is 4.90 Å². The summed E-state index contributed by atoms with van der Waals surface area (Å²) in [6, 6.07) is 12.2. The third-order valence-corrected chi connectivity index (χ3v) is 6.14. The van der Waals surface area contributed by atoms with Crippen LogP contribution in [0.5, 0.6) is 0 Å². The van der Waals surface area contributed by atoms with Crippen LogP contribution in [0.2, 0.25) is 0 Å². The highest BCUT2D eigenvalue weighted by Gasteiger charge is 2.43. The summed E-state index contributed by atoms with van der Waals surface area (Å²) in [6.07, 6.45) is 1.83. The standard InChI is InChI=1S/C23H24N3O3/c1-24(2)10-11-26(29-3)13-17-19(27)12-20(28)22-21-16-7-5-4-6-15(16)8-9-18(21)25(14-26)23(17)22/h4-9,13H,10-12,14H2,1-3H3/q+1. The maximum Gasteiger partial charge on any atom is 0.193 e.